The molecule has 7 heteroatoms. The van der Waals surface area contributed by atoms with Crippen LogP contribution in [0.4, 0.5) is 5.69 Å². The summed E-state index contributed by atoms with van der Waals surface area (Å²) >= 11 is 0. The number of aromatic nitrogens is 4. The minimum atomic E-state index is 0.0839. The Morgan fingerprint density at radius 2 is 1.86 bits per heavy atom. The molecule has 2 heterocycles. The van der Waals surface area contributed by atoms with Crippen molar-refractivity contribution in [2.45, 2.75) is 6.42 Å². The SMILES string of the molecule is Cn1nnnc1CC(=O)N1CCN(c2ccccc2)CC1. The monoisotopic (exact) mass is 286 g/mol. The first-order chi connectivity index (χ1) is 10.2. The number of hydrogen-bond acceptors (Lipinski definition) is 5. The highest BCUT2D eigenvalue weighted by Crippen LogP contribution is 2.15. The maximum Gasteiger partial charge on any atom is 0.230 e. The Hall–Kier alpha value is -2.44. The van der Waals surface area contributed by atoms with Gasteiger partial charge in [-0.05, 0) is 22.6 Å². The Morgan fingerprint density at radius 1 is 1.14 bits per heavy atom. The molecule has 1 saturated heterocycles. The third-order valence-corrected chi connectivity index (χ3v) is 3.77. The number of hydrogen-bond donors (Lipinski definition) is 0. The number of tetrazole rings is 1. The first-order valence-corrected chi connectivity index (χ1v) is 7.03. The molecule has 1 amide bonds. The Morgan fingerprint density at radius 3 is 2.48 bits per heavy atom. The molecule has 3 rings (SSSR count). The summed E-state index contributed by atoms with van der Waals surface area (Å²) < 4.78 is 1.54. The Labute approximate surface area is 123 Å². The molecule has 1 aromatic carbocycles. The minimum absolute atomic E-state index is 0.0839. The van der Waals surface area contributed by atoms with Gasteiger partial charge < -0.3 is 9.80 Å². The number of aryl methyl sites for hydroxylation is 1. The summed E-state index contributed by atoms with van der Waals surface area (Å²) in [6.07, 6.45) is 0.259. The van der Waals surface area contributed by atoms with E-state index in [0.29, 0.717) is 5.82 Å². The fourth-order valence-electron chi connectivity index (χ4n) is 2.50. The van der Waals surface area contributed by atoms with Crippen LogP contribution in [-0.2, 0) is 18.3 Å². The van der Waals surface area contributed by atoms with E-state index in [2.05, 4.69) is 32.6 Å². The van der Waals surface area contributed by atoms with Gasteiger partial charge in [0.1, 0.15) is 0 Å². The fourth-order valence-corrected chi connectivity index (χ4v) is 2.50. The largest absolute Gasteiger partial charge is 0.368 e. The van der Waals surface area contributed by atoms with Crippen LogP contribution in [0.5, 0.6) is 0 Å². The predicted octanol–water partition coefficient (Wildman–Crippen LogP) is 0.101. The molecule has 0 N–H and O–H groups in total. The molecule has 1 aliphatic rings. The molecule has 1 fully saturated rings. The van der Waals surface area contributed by atoms with Gasteiger partial charge in [0.15, 0.2) is 5.82 Å². The van der Waals surface area contributed by atoms with Gasteiger partial charge in [-0.3, -0.25) is 4.79 Å². The molecule has 21 heavy (non-hydrogen) atoms. The summed E-state index contributed by atoms with van der Waals surface area (Å²) in [5, 5.41) is 11.2. The summed E-state index contributed by atoms with van der Waals surface area (Å²) in [6.45, 7) is 3.18. The number of benzene rings is 1. The second-order valence-electron chi connectivity index (χ2n) is 5.10. The summed E-state index contributed by atoms with van der Waals surface area (Å²) in [7, 11) is 1.75. The second-order valence-corrected chi connectivity index (χ2v) is 5.10. The lowest BCUT2D eigenvalue weighted by atomic mass is 10.2. The van der Waals surface area contributed by atoms with Crippen molar-refractivity contribution in [2.75, 3.05) is 31.1 Å². The van der Waals surface area contributed by atoms with Crippen molar-refractivity contribution in [1.82, 2.24) is 25.1 Å². The van der Waals surface area contributed by atoms with Gasteiger partial charge in [-0.1, -0.05) is 18.2 Å². The van der Waals surface area contributed by atoms with Gasteiger partial charge in [-0.15, -0.1) is 5.10 Å². The first-order valence-electron chi connectivity index (χ1n) is 7.03. The second kappa shape index (κ2) is 5.90. The Bertz CT molecular complexity index is 603. The lowest BCUT2D eigenvalue weighted by molar-refractivity contribution is -0.130. The van der Waals surface area contributed by atoms with E-state index in [1.54, 1.807) is 7.05 Å². The van der Waals surface area contributed by atoms with Gasteiger partial charge in [0, 0.05) is 38.9 Å². The summed E-state index contributed by atoms with van der Waals surface area (Å²) in [4.78, 5) is 16.4. The zero-order valence-electron chi connectivity index (χ0n) is 12.0. The summed E-state index contributed by atoms with van der Waals surface area (Å²) in [5.74, 6) is 0.686. The van der Waals surface area contributed by atoms with Gasteiger partial charge in [0.05, 0.1) is 6.42 Å². The highest BCUT2D eigenvalue weighted by atomic mass is 16.2. The maximum atomic E-state index is 12.3. The van der Waals surface area contributed by atoms with Crippen LogP contribution in [0, 0.1) is 0 Å². The zero-order valence-corrected chi connectivity index (χ0v) is 12.0. The normalized spacial score (nSPS) is 15.3. The quantitative estimate of drug-likeness (QED) is 0.800. The molecule has 110 valence electrons. The van der Waals surface area contributed by atoms with E-state index < -0.39 is 0 Å². The number of rotatable bonds is 3. The Kier molecular flexibility index (Phi) is 3.81. The highest BCUT2D eigenvalue weighted by Gasteiger charge is 2.22. The molecule has 2 aromatic rings. The number of carbonyl (C=O) groups is 1. The molecule has 7 nitrogen and oxygen atoms in total. The lowest BCUT2D eigenvalue weighted by Gasteiger charge is -2.36. The maximum absolute atomic E-state index is 12.3. The van der Waals surface area contributed by atoms with Crippen LogP contribution in [-0.4, -0.2) is 57.2 Å². The number of piperazine rings is 1. The third-order valence-electron chi connectivity index (χ3n) is 3.77. The lowest BCUT2D eigenvalue weighted by Crippen LogP contribution is -2.49. The van der Waals surface area contributed by atoms with Crippen LogP contribution in [0.1, 0.15) is 5.82 Å². The number of amides is 1. The van der Waals surface area contributed by atoms with Crippen LogP contribution in [0.3, 0.4) is 0 Å². The molecule has 0 unspecified atom stereocenters. The molecule has 0 aliphatic carbocycles. The van der Waals surface area contributed by atoms with E-state index >= 15 is 0 Å². The standard InChI is InChI=1S/C14H18N6O/c1-18-13(15-16-17-18)11-14(21)20-9-7-19(8-10-20)12-5-3-2-4-6-12/h2-6H,7-11H2,1H3. The minimum Gasteiger partial charge on any atom is -0.368 e. The molecule has 0 spiro atoms. The van der Waals surface area contributed by atoms with Gasteiger partial charge in [-0.2, -0.15) is 0 Å². The summed E-state index contributed by atoms with van der Waals surface area (Å²) in [5.41, 5.74) is 1.21. The van der Waals surface area contributed by atoms with Crippen LogP contribution >= 0.6 is 0 Å². The van der Waals surface area contributed by atoms with Crippen molar-refractivity contribution in [2.24, 2.45) is 7.05 Å². The topological polar surface area (TPSA) is 67.2 Å². The van der Waals surface area contributed by atoms with Crippen LogP contribution in [0.2, 0.25) is 0 Å². The van der Waals surface area contributed by atoms with Gasteiger partial charge >= 0.3 is 0 Å². The van der Waals surface area contributed by atoms with Crippen molar-refractivity contribution in [3.05, 3.63) is 36.2 Å². The van der Waals surface area contributed by atoms with Crippen molar-refractivity contribution in [3.8, 4) is 0 Å². The van der Waals surface area contributed by atoms with E-state index in [4.69, 9.17) is 0 Å². The average Bonchev–Trinajstić information content (AvgIpc) is 2.93. The molecule has 0 bridgehead atoms. The molecule has 0 saturated carbocycles. The van der Waals surface area contributed by atoms with E-state index in [9.17, 15) is 4.79 Å². The zero-order chi connectivity index (χ0) is 14.7. The molecule has 0 atom stereocenters. The first kappa shape index (κ1) is 13.5. The van der Waals surface area contributed by atoms with Gasteiger partial charge in [0.25, 0.3) is 0 Å². The van der Waals surface area contributed by atoms with E-state index in [0.717, 1.165) is 26.2 Å². The van der Waals surface area contributed by atoms with Crippen LogP contribution in [0.25, 0.3) is 0 Å². The van der Waals surface area contributed by atoms with Crippen LogP contribution < -0.4 is 4.90 Å². The highest BCUT2D eigenvalue weighted by molar-refractivity contribution is 5.78. The number of carbonyl (C=O) groups excluding carboxylic acids is 1. The number of nitrogens with zero attached hydrogens (tertiary/aromatic N) is 6. The fraction of sp³-hybridized carbons (Fsp3) is 0.429. The van der Waals surface area contributed by atoms with Crippen molar-refractivity contribution in [3.63, 3.8) is 0 Å². The van der Waals surface area contributed by atoms with E-state index in [1.165, 1.54) is 10.4 Å². The smallest absolute Gasteiger partial charge is 0.230 e. The van der Waals surface area contributed by atoms with E-state index in [1.807, 2.05) is 23.1 Å². The van der Waals surface area contributed by atoms with Crippen LogP contribution in [0.15, 0.2) is 30.3 Å². The molecule has 0 radical (unpaired) electrons. The van der Waals surface area contributed by atoms with Crippen molar-refractivity contribution >= 4 is 11.6 Å². The molecule has 1 aromatic heterocycles. The van der Waals surface area contributed by atoms with Crippen molar-refractivity contribution < 1.29 is 4.79 Å². The predicted molar refractivity (Wildman–Crippen MR) is 77.7 cm³/mol. The third kappa shape index (κ3) is 3.01. The molecule has 1 aliphatic heterocycles. The number of para-hydroxylation sites is 1. The van der Waals surface area contributed by atoms with Gasteiger partial charge in [0.2, 0.25) is 5.91 Å². The number of anilines is 1. The van der Waals surface area contributed by atoms with Crippen molar-refractivity contribution in [1.29, 1.82) is 0 Å². The van der Waals surface area contributed by atoms with Gasteiger partial charge in [-0.25, -0.2) is 4.68 Å². The summed E-state index contributed by atoms with van der Waals surface area (Å²) in [6, 6.07) is 10.3. The van der Waals surface area contributed by atoms with E-state index in [-0.39, 0.29) is 12.3 Å². The molecular weight excluding hydrogens is 268 g/mol. The Balaban J connectivity index is 1.56. The average molecular weight is 286 g/mol. The molecular formula is C14H18N6O.